The minimum Gasteiger partial charge on any atom is -0.496 e. The lowest BCUT2D eigenvalue weighted by molar-refractivity contribution is 0.102. The molecule has 0 aliphatic rings. The molecule has 0 saturated carbocycles. The van der Waals surface area contributed by atoms with E-state index in [0.29, 0.717) is 22.8 Å². The van der Waals surface area contributed by atoms with Crippen molar-refractivity contribution in [3.8, 4) is 17.2 Å². The summed E-state index contributed by atoms with van der Waals surface area (Å²) in [6.07, 6.45) is 0. The molecule has 0 spiro atoms. The van der Waals surface area contributed by atoms with Crippen LogP contribution in [0.15, 0.2) is 72.8 Å². The number of methoxy groups -OCH3 is 2. The quantitative estimate of drug-likeness (QED) is 0.670. The molecule has 0 bridgehead atoms. The number of carbonyl (C=O) groups excluding carboxylic acids is 1. The lowest BCUT2D eigenvalue weighted by Crippen LogP contribution is -2.12. The van der Waals surface area contributed by atoms with Crippen molar-refractivity contribution in [2.45, 2.75) is 6.61 Å². The van der Waals surface area contributed by atoms with Gasteiger partial charge in [0, 0.05) is 16.8 Å². The average molecular weight is 363 g/mol. The molecule has 5 heteroatoms. The molecule has 0 unspecified atom stereocenters. The van der Waals surface area contributed by atoms with Crippen LogP contribution in [0.1, 0.15) is 15.9 Å². The molecule has 3 aromatic carbocycles. The standard InChI is InChI=1S/C22H21NO4/c1-25-19-13-12-16(22(24)23-18-8-4-3-5-9-18)14-17(19)15-27-21-11-7-6-10-20(21)26-2/h3-14H,15H2,1-2H3,(H,23,24). The number of anilines is 1. The molecule has 3 rings (SSSR count). The van der Waals surface area contributed by atoms with Crippen molar-refractivity contribution in [1.29, 1.82) is 0 Å². The summed E-state index contributed by atoms with van der Waals surface area (Å²) in [5, 5.41) is 2.87. The minimum atomic E-state index is -0.192. The molecule has 0 radical (unpaired) electrons. The number of nitrogens with one attached hydrogen (secondary N) is 1. The third-order valence-electron chi connectivity index (χ3n) is 4.03. The fraction of sp³-hybridized carbons (Fsp3) is 0.136. The Labute approximate surface area is 158 Å². The van der Waals surface area contributed by atoms with E-state index in [-0.39, 0.29) is 12.5 Å². The van der Waals surface area contributed by atoms with Gasteiger partial charge in [-0.3, -0.25) is 4.79 Å². The Morgan fingerprint density at radius 1 is 0.815 bits per heavy atom. The molecule has 0 aliphatic heterocycles. The lowest BCUT2D eigenvalue weighted by Gasteiger charge is -2.14. The van der Waals surface area contributed by atoms with Crippen molar-refractivity contribution in [3.05, 3.63) is 83.9 Å². The first-order chi connectivity index (χ1) is 13.2. The zero-order valence-corrected chi connectivity index (χ0v) is 15.3. The van der Waals surface area contributed by atoms with E-state index in [9.17, 15) is 4.79 Å². The van der Waals surface area contributed by atoms with E-state index in [0.717, 1.165) is 11.3 Å². The predicted molar refractivity (Wildman–Crippen MR) is 105 cm³/mol. The SMILES string of the molecule is COc1ccc(C(=O)Nc2ccccc2)cc1COc1ccccc1OC. The summed E-state index contributed by atoms with van der Waals surface area (Å²) < 4.78 is 16.6. The van der Waals surface area contributed by atoms with Gasteiger partial charge in [0.15, 0.2) is 11.5 Å². The first-order valence-corrected chi connectivity index (χ1v) is 8.50. The van der Waals surface area contributed by atoms with Crippen molar-refractivity contribution in [1.82, 2.24) is 0 Å². The average Bonchev–Trinajstić information content (AvgIpc) is 2.72. The molecule has 1 amide bonds. The first kappa shape index (κ1) is 18.3. The van der Waals surface area contributed by atoms with Gasteiger partial charge in [-0.1, -0.05) is 30.3 Å². The van der Waals surface area contributed by atoms with E-state index in [4.69, 9.17) is 14.2 Å². The Morgan fingerprint density at radius 2 is 1.48 bits per heavy atom. The van der Waals surface area contributed by atoms with Crippen molar-refractivity contribution < 1.29 is 19.0 Å². The van der Waals surface area contributed by atoms with Gasteiger partial charge >= 0.3 is 0 Å². The molecule has 0 saturated heterocycles. The highest BCUT2D eigenvalue weighted by atomic mass is 16.5. The molecule has 138 valence electrons. The maximum Gasteiger partial charge on any atom is 0.255 e. The van der Waals surface area contributed by atoms with E-state index in [1.54, 1.807) is 32.4 Å². The van der Waals surface area contributed by atoms with Crippen LogP contribution < -0.4 is 19.5 Å². The van der Waals surface area contributed by atoms with Crippen LogP contribution in [0.4, 0.5) is 5.69 Å². The maximum absolute atomic E-state index is 12.5. The maximum atomic E-state index is 12.5. The molecule has 0 aromatic heterocycles. The lowest BCUT2D eigenvalue weighted by atomic mass is 10.1. The van der Waals surface area contributed by atoms with Crippen molar-refractivity contribution in [2.75, 3.05) is 19.5 Å². The van der Waals surface area contributed by atoms with Gasteiger partial charge in [0.05, 0.1) is 14.2 Å². The minimum absolute atomic E-state index is 0.192. The monoisotopic (exact) mass is 363 g/mol. The van der Waals surface area contributed by atoms with Gasteiger partial charge in [-0.2, -0.15) is 0 Å². The fourth-order valence-electron chi connectivity index (χ4n) is 2.65. The second-order valence-electron chi connectivity index (χ2n) is 5.79. The van der Waals surface area contributed by atoms with Crippen LogP contribution in [0, 0.1) is 0 Å². The number of carbonyl (C=O) groups is 1. The number of rotatable bonds is 7. The Morgan fingerprint density at radius 3 is 2.19 bits per heavy atom. The Balaban J connectivity index is 1.78. The van der Waals surface area contributed by atoms with Crippen molar-refractivity contribution in [3.63, 3.8) is 0 Å². The number of amides is 1. The van der Waals surface area contributed by atoms with Gasteiger partial charge < -0.3 is 19.5 Å². The van der Waals surface area contributed by atoms with Crippen LogP contribution in [-0.4, -0.2) is 20.1 Å². The molecule has 1 N–H and O–H groups in total. The molecule has 0 atom stereocenters. The topological polar surface area (TPSA) is 56.8 Å². The van der Waals surface area contributed by atoms with Crippen LogP contribution in [0.5, 0.6) is 17.2 Å². The highest BCUT2D eigenvalue weighted by Gasteiger charge is 2.12. The molecular formula is C22H21NO4. The fourth-order valence-corrected chi connectivity index (χ4v) is 2.65. The van der Waals surface area contributed by atoms with Crippen molar-refractivity contribution >= 4 is 11.6 Å². The number of hydrogen-bond donors (Lipinski definition) is 1. The summed E-state index contributed by atoms with van der Waals surface area (Å²) in [7, 11) is 3.18. The summed E-state index contributed by atoms with van der Waals surface area (Å²) in [6.45, 7) is 0.246. The smallest absolute Gasteiger partial charge is 0.255 e. The summed E-state index contributed by atoms with van der Waals surface area (Å²) in [4.78, 5) is 12.5. The Hall–Kier alpha value is -3.47. The van der Waals surface area contributed by atoms with Gasteiger partial charge in [-0.05, 0) is 42.5 Å². The Bertz CT molecular complexity index is 909. The van der Waals surface area contributed by atoms with E-state index >= 15 is 0 Å². The summed E-state index contributed by atoms with van der Waals surface area (Å²) in [6, 6.07) is 22.0. The van der Waals surface area contributed by atoms with Gasteiger partial charge in [-0.25, -0.2) is 0 Å². The zero-order chi connectivity index (χ0) is 19.1. The van der Waals surface area contributed by atoms with Crippen LogP contribution in [0.2, 0.25) is 0 Å². The van der Waals surface area contributed by atoms with Crippen molar-refractivity contribution in [2.24, 2.45) is 0 Å². The van der Waals surface area contributed by atoms with Crippen LogP contribution in [0.25, 0.3) is 0 Å². The third-order valence-corrected chi connectivity index (χ3v) is 4.03. The second kappa shape index (κ2) is 8.76. The predicted octanol–water partition coefficient (Wildman–Crippen LogP) is 4.54. The van der Waals surface area contributed by atoms with Gasteiger partial charge in [0.25, 0.3) is 5.91 Å². The van der Waals surface area contributed by atoms with Gasteiger partial charge in [0.2, 0.25) is 0 Å². The largest absolute Gasteiger partial charge is 0.496 e. The number of hydrogen-bond acceptors (Lipinski definition) is 4. The first-order valence-electron chi connectivity index (χ1n) is 8.50. The normalized spacial score (nSPS) is 10.1. The molecule has 3 aromatic rings. The van der Waals surface area contributed by atoms with E-state index in [2.05, 4.69) is 5.32 Å². The second-order valence-corrected chi connectivity index (χ2v) is 5.79. The summed E-state index contributed by atoms with van der Waals surface area (Å²) in [5.74, 6) is 1.74. The van der Waals surface area contributed by atoms with Crippen LogP contribution in [-0.2, 0) is 6.61 Å². The molecule has 0 heterocycles. The summed E-state index contributed by atoms with van der Waals surface area (Å²) in [5.41, 5.74) is 2.03. The molecule has 0 aliphatic carbocycles. The van der Waals surface area contributed by atoms with E-state index in [1.807, 2.05) is 54.6 Å². The Kier molecular flexibility index (Phi) is 5.94. The highest BCUT2D eigenvalue weighted by molar-refractivity contribution is 6.04. The molecule has 5 nitrogen and oxygen atoms in total. The van der Waals surface area contributed by atoms with Crippen LogP contribution in [0.3, 0.4) is 0 Å². The third kappa shape index (κ3) is 4.58. The number of benzene rings is 3. The summed E-state index contributed by atoms with van der Waals surface area (Å²) >= 11 is 0. The number of ether oxygens (including phenoxy) is 3. The zero-order valence-electron chi connectivity index (χ0n) is 15.3. The molecule has 27 heavy (non-hydrogen) atoms. The van der Waals surface area contributed by atoms with Gasteiger partial charge in [0.1, 0.15) is 12.4 Å². The van der Waals surface area contributed by atoms with Gasteiger partial charge in [-0.15, -0.1) is 0 Å². The molecular weight excluding hydrogens is 342 g/mol. The molecule has 0 fully saturated rings. The van der Waals surface area contributed by atoms with Crippen LogP contribution >= 0.6 is 0 Å². The van der Waals surface area contributed by atoms with E-state index < -0.39 is 0 Å². The van der Waals surface area contributed by atoms with E-state index in [1.165, 1.54) is 0 Å². The highest BCUT2D eigenvalue weighted by Crippen LogP contribution is 2.28. The number of para-hydroxylation sites is 3.